The highest BCUT2D eigenvalue weighted by Gasteiger charge is 2.02. The fourth-order valence-electron chi connectivity index (χ4n) is 1.28. The third kappa shape index (κ3) is 4.88. The lowest BCUT2D eigenvalue weighted by Crippen LogP contribution is -2.31. The predicted octanol–water partition coefficient (Wildman–Crippen LogP) is 1.65. The minimum atomic E-state index is -0.681. The molecule has 1 rings (SSSR count). The lowest BCUT2D eigenvalue weighted by Gasteiger charge is -2.11. The summed E-state index contributed by atoms with van der Waals surface area (Å²) < 4.78 is 10.8. The summed E-state index contributed by atoms with van der Waals surface area (Å²) in [4.78, 5) is 0. The lowest BCUT2D eigenvalue weighted by atomic mass is 10.1. The van der Waals surface area contributed by atoms with Gasteiger partial charge in [0.25, 0.3) is 0 Å². The summed E-state index contributed by atoms with van der Waals surface area (Å²) in [6.07, 6.45) is 2.80. The minimum Gasteiger partial charge on any atom is -0.313 e. The molecular formula is C10H17NOS2. The predicted molar refractivity (Wildman–Crippen MR) is 64.4 cm³/mol. The topological polar surface area (TPSA) is 29.1 Å². The van der Waals surface area contributed by atoms with Crippen LogP contribution < -0.4 is 5.32 Å². The van der Waals surface area contributed by atoms with E-state index in [1.54, 1.807) is 17.6 Å². The quantitative estimate of drug-likeness (QED) is 0.806. The van der Waals surface area contributed by atoms with Gasteiger partial charge in [-0.25, -0.2) is 0 Å². The van der Waals surface area contributed by atoms with Crippen molar-refractivity contribution in [2.24, 2.45) is 0 Å². The van der Waals surface area contributed by atoms with Crippen molar-refractivity contribution < 1.29 is 4.21 Å². The molecule has 0 saturated carbocycles. The second kappa shape index (κ2) is 6.32. The molecule has 0 aliphatic rings. The van der Waals surface area contributed by atoms with Gasteiger partial charge in [-0.2, -0.15) is 11.3 Å². The van der Waals surface area contributed by atoms with Crippen LogP contribution in [0.15, 0.2) is 16.8 Å². The zero-order valence-corrected chi connectivity index (χ0v) is 10.3. The molecule has 1 aromatic heterocycles. The molecule has 0 aliphatic heterocycles. The Morgan fingerprint density at radius 1 is 1.64 bits per heavy atom. The molecule has 0 spiro atoms. The summed E-state index contributed by atoms with van der Waals surface area (Å²) >= 11 is 1.73. The van der Waals surface area contributed by atoms with Gasteiger partial charge < -0.3 is 5.32 Å². The zero-order chi connectivity index (χ0) is 10.4. The molecule has 0 bridgehead atoms. The third-order valence-corrected chi connectivity index (χ3v) is 3.52. The maximum absolute atomic E-state index is 10.8. The molecule has 2 unspecified atom stereocenters. The molecule has 0 amide bonds. The van der Waals surface area contributed by atoms with Crippen molar-refractivity contribution in [3.8, 4) is 0 Å². The van der Waals surface area contributed by atoms with Crippen LogP contribution in [-0.4, -0.2) is 28.8 Å². The third-order valence-electron chi connectivity index (χ3n) is 2.00. The van der Waals surface area contributed by atoms with E-state index in [4.69, 9.17) is 0 Å². The highest BCUT2D eigenvalue weighted by Crippen LogP contribution is 2.08. The van der Waals surface area contributed by atoms with Gasteiger partial charge in [-0.3, -0.25) is 4.21 Å². The Morgan fingerprint density at radius 3 is 3.00 bits per heavy atom. The second-order valence-corrected chi connectivity index (χ2v) is 5.80. The minimum absolute atomic E-state index is 0.466. The molecule has 0 aliphatic carbocycles. The normalized spacial score (nSPS) is 15.3. The van der Waals surface area contributed by atoms with E-state index in [-0.39, 0.29) is 0 Å². The van der Waals surface area contributed by atoms with E-state index in [1.807, 2.05) is 0 Å². The van der Waals surface area contributed by atoms with Gasteiger partial charge in [-0.05, 0) is 35.7 Å². The first-order valence-corrected chi connectivity index (χ1v) is 7.40. The number of nitrogens with one attached hydrogen (secondary N) is 1. The van der Waals surface area contributed by atoms with Crippen molar-refractivity contribution in [2.75, 3.05) is 18.6 Å². The Labute approximate surface area is 92.2 Å². The zero-order valence-electron chi connectivity index (χ0n) is 8.66. The van der Waals surface area contributed by atoms with Gasteiger partial charge in [0.2, 0.25) is 0 Å². The molecule has 1 N–H and O–H groups in total. The smallest absolute Gasteiger partial charge is 0.0357 e. The van der Waals surface area contributed by atoms with Gasteiger partial charge in [-0.1, -0.05) is 0 Å². The largest absolute Gasteiger partial charge is 0.313 e. The first-order chi connectivity index (χ1) is 6.68. The van der Waals surface area contributed by atoms with E-state index in [1.165, 1.54) is 5.56 Å². The molecule has 0 radical (unpaired) electrons. The molecule has 0 fully saturated rings. The van der Waals surface area contributed by atoms with Crippen LogP contribution in [0.2, 0.25) is 0 Å². The Balaban J connectivity index is 2.16. The van der Waals surface area contributed by atoms with Crippen molar-refractivity contribution in [3.05, 3.63) is 22.4 Å². The van der Waals surface area contributed by atoms with Crippen LogP contribution in [0, 0.1) is 0 Å². The molecule has 2 nitrogen and oxygen atoms in total. The molecule has 1 aromatic rings. The fourth-order valence-corrected chi connectivity index (χ4v) is 2.37. The van der Waals surface area contributed by atoms with Crippen LogP contribution in [0.25, 0.3) is 0 Å². The average molecular weight is 231 g/mol. The van der Waals surface area contributed by atoms with E-state index in [2.05, 4.69) is 29.1 Å². The Kier molecular flexibility index (Phi) is 5.37. The van der Waals surface area contributed by atoms with Crippen LogP contribution in [0.1, 0.15) is 12.5 Å². The molecule has 0 aromatic carbocycles. The molecule has 0 saturated heterocycles. The standard InChI is InChI=1S/C10H17NOS2/c1-9(11-4-6-14(2)12)7-10-3-5-13-8-10/h3,5,8-9,11H,4,6-7H2,1-2H3. The number of thiophene rings is 1. The summed E-state index contributed by atoms with van der Waals surface area (Å²) in [5.74, 6) is 0.744. The SMILES string of the molecule is CC(Cc1ccsc1)NCCS(C)=O. The van der Waals surface area contributed by atoms with E-state index in [0.717, 1.165) is 18.7 Å². The fraction of sp³-hybridized carbons (Fsp3) is 0.600. The molecule has 4 heteroatoms. The summed E-state index contributed by atoms with van der Waals surface area (Å²) in [6, 6.07) is 2.62. The van der Waals surface area contributed by atoms with E-state index >= 15 is 0 Å². The van der Waals surface area contributed by atoms with Crippen LogP contribution in [0.5, 0.6) is 0 Å². The Bertz CT molecular complexity index is 272. The first kappa shape index (κ1) is 11.9. The van der Waals surface area contributed by atoms with Gasteiger partial charge in [0, 0.05) is 35.4 Å². The number of rotatable bonds is 6. The van der Waals surface area contributed by atoms with E-state index < -0.39 is 10.8 Å². The summed E-state index contributed by atoms with van der Waals surface area (Å²) in [5.41, 5.74) is 1.38. The van der Waals surface area contributed by atoms with Gasteiger partial charge in [0.1, 0.15) is 0 Å². The van der Waals surface area contributed by atoms with E-state index in [0.29, 0.717) is 6.04 Å². The van der Waals surface area contributed by atoms with Crippen molar-refractivity contribution >= 4 is 22.1 Å². The first-order valence-electron chi connectivity index (χ1n) is 4.73. The van der Waals surface area contributed by atoms with Gasteiger partial charge >= 0.3 is 0 Å². The number of hydrogen-bond acceptors (Lipinski definition) is 3. The molecule has 2 atom stereocenters. The monoisotopic (exact) mass is 231 g/mol. The lowest BCUT2D eigenvalue weighted by molar-refractivity contribution is 0.566. The Hall–Kier alpha value is -0.190. The van der Waals surface area contributed by atoms with Crippen LogP contribution in [0.3, 0.4) is 0 Å². The summed E-state index contributed by atoms with van der Waals surface area (Å²) in [5, 5.41) is 7.64. The maximum Gasteiger partial charge on any atom is 0.0357 e. The molecule has 80 valence electrons. The van der Waals surface area contributed by atoms with Crippen molar-refractivity contribution in [2.45, 2.75) is 19.4 Å². The molecule has 14 heavy (non-hydrogen) atoms. The average Bonchev–Trinajstić information content (AvgIpc) is 2.56. The summed E-state index contributed by atoms with van der Waals surface area (Å²) in [7, 11) is -0.681. The van der Waals surface area contributed by atoms with Gasteiger partial charge in [-0.15, -0.1) is 0 Å². The number of hydrogen-bond donors (Lipinski definition) is 1. The molecular weight excluding hydrogens is 214 g/mol. The second-order valence-electron chi connectivity index (χ2n) is 3.47. The van der Waals surface area contributed by atoms with Gasteiger partial charge in [0.05, 0.1) is 0 Å². The van der Waals surface area contributed by atoms with Crippen molar-refractivity contribution in [3.63, 3.8) is 0 Å². The highest BCUT2D eigenvalue weighted by molar-refractivity contribution is 7.84. The van der Waals surface area contributed by atoms with Crippen LogP contribution >= 0.6 is 11.3 Å². The van der Waals surface area contributed by atoms with Crippen LogP contribution in [-0.2, 0) is 17.2 Å². The summed E-state index contributed by atoms with van der Waals surface area (Å²) in [6.45, 7) is 3.00. The maximum atomic E-state index is 10.8. The van der Waals surface area contributed by atoms with Gasteiger partial charge in [0.15, 0.2) is 0 Å². The van der Waals surface area contributed by atoms with Crippen LogP contribution in [0.4, 0.5) is 0 Å². The van der Waals surface area contributed by atoms with Crippen molar-refractivity contribution in [1.82, 2.24) is 5.32 Å². The van der Waals surface area contributed by atoms with E-state index in [9.17, 15) is 4.21 Å². The molecule has 1 heterocycles. The highest BCUT2D eigenvalue weighted by atomic mass is 32.2. The Morgan fingerprint density at radius 2 is 2.43 bits per heavy atom. The van der Waals surface area contributed by atoms with Crippen molar-refractivity contribution in [1.29, 1.82) is 0 Å².